The lowest BCUT2D eigenvalue weighted by atomic mass is 10.0. The Labute approximate surface area is 179 Å². The van der Waals surface area contributed by atoms with E-state index in [4.69, 9.17) is 4.74 Å². The number of guanidine groups is 1. The molecule has 1 saturated heterocycles. The summed E-state index contributed by atoms with van der Waals surface area (Å²) in [5.41, 5.74) is 3.91. The summed E-state index contributed by atoms with van der Waals surface area (Å²) in [6.45, 7) is 2.66. The predicted molar refractivity (Wildman–Crippen MR) is 115 cm³/mol. The van der Waals surface area contributed by atoms with E-state index in [1.54, 1.807) is 6.92 Å². The highest BCUT2D eigenvalue weighted by atomic mass is 16.5. The van der Waals surface area contributed by atoms with Crippen molar-refractivity contribution >= 4 is 29.3 Å². The van der Waals surface area contributed by atoms with Crippen LogP contribution in [-0.4, -0.2) is 48.4 Å². The number of nitrogens with zero attached hydrogens (tertiary/aromatic N) is 1. The zero-order chi connectivity index (χ0) is 21.8. The minimum Gasteiger partial charge on any atom is -0.466 e. The Morgan fingerprint density at radius 2 is 1.94 bits per heavy atom. The molecule has 0 bridgehead atoms. The Balaban J connectivity index is 1.64. The number of esters is 1. The van der Waals surface area contributed by atoms with E-state index in [0.29, 0.717) is 36.5 Å². The second-order valence-corrected chi connectivity index (χ2v) is 7.06. The van der Waals surface area contributed by atoms with Gasteiger partial charge in [0, 0.05) is 17.8 Å². The van der Waals surface area contributed by atoms with Crippen molar-refractivity contribution in [2.24, 2.45) is 4.99 Å². The average molecular weight is 421 g/mol. The molecule has 2 aliphatic rings. The maximum absolute atomic E-state index is 12.6. The van der Waals surface area contributed by atoms with Gasteiger partial charge in [-0.2, -0.15) is 0 Å². The molecule has 0 saturated carbocycles. The number of nitrogens with one attached hydrogen (secondary N) is 4. The first-order chi connectivity index (χ1) is 15.1. The summed E-state index contributed by atoms with van der Waals surface area (Å²) in [5.74, 6) is -0.601. The van der Waals surface area contributed by atoms with Crippen molar-refractivity contribution in [2.45, 2.75) is 19.8 Å². The van der Waals surface area contributed by atoms with Crippen LogP contribution in [0.25, 0.3) is 16.8 Å². The number of ether oxygens (including phenoxy) is 1. The Hall–Kier alpha value is -3.88. The third-order valence-corrected chi connectivity index (χ3v) is 5.01. The maximum Gasteiger partial charge on any atom is 0.307 e. The van der Waals surface area contributed by atoms with Gasteiger partial charge in [-0.05, 0) is 30.5 Å². The van der Waals surface area contributed by atoms with Crippen LogP contribution in [0.2, 0.25) is 0 Å². The molecule has 9 heteroatoms. The Bertz CT molecular complexity index is 1080. The minimum absolute atomic E-state index is 0.127. The summed E-state index contributed by atoms with van der Waals surface area (Å²) in [4.78, 5) is 44.1. The van der Waals surface area contributed by atoms with Crippen molar-refractivity contribution in [3.05, 3.63) is 53.4 Å². The largest absolute Gasteiger partial charge is 0.466 e. The number of H-pyrrole nitrogens is 1. The standard InChI is InChI=1S/C22H23N5O4/c1-2-31-17(28)9-11-24-22-26-18(21(30)27-22)14-8-10-23-20(29)19-15(14)12-16(25-19)13-6-4-3-5-7-13/h3-7,12,25H,2,8-11H2,1H3,(H,23,29)(H2,24,26,27,30)/b18-14-. The van der Waals surface area contributed by atoms with Gasteiger partial charge >= 0.3 is 5.97 Å². The van der Waals surface area contributed by atoms with Gasteiger partial charge in [-0.25, -0.2) is 0 Å². The number of benzene rings is 1. The number of carbonyl (C=O) groups is 3. The zero-order valence-electron chi connectivity index (χ0n) is 17.1. The van der Waals surface area contributed by atoms with Gasteiger partial charge in [-0.3, -0.25) is 24.7 Å². The predicted octanol–water partition coefficient (Wildman–Crippen LogP) is 1.55. The second-order valence-electron chi connectivity index (χ2n) is 7.06. The third-order valence-electron chi connectivity index (χ3n) is 5.01. The lowest BCUT2D eigenvalue weighted by Crippen LogP contribution is -2.25. The Kier molecular flexibility index (Phi) is 5.83. The summed E-state index contributed by atoms with van der Waals surface area (Å²) in [6.07, 6.45) is 0.609. The molecular formula is C22H23N5O4. The molecule has 3 heterocycles. The molecule has 1 aromatic heterocycles. The second kappa shape index (κ2) is 8.86. The van der Waals surface area contributed by atoms with E-state index in [1.165, 1.54) is 0 Å². The van der Waals surface area contributed by atoms with Crippen LogP contribution in [0.4, 0.5) is 0 Å². The van der Waals surface area contributed by atoms with Crippen LogP contribution in [0, 0.1) is 0 Å². The molecule has 1 fully saturated rings. The molecule has 9 nitrogen and oxygen atoms in total. The van der Waals surface area contributed by atoms with Crippen LogP contribution in [0.1, 0.15) is 35.8 Å². The van der Waals surface area contributed by atoms with Crippen LogP contribution < -0.4 is 16.0 Å². The van der Waals surface area contributed by atoms with E-state index < -0.39 is 0 Å². The quantitative estimate of drug-likeness (QED) is 0.431. The molecule has 0 unspecified atom stereocenters. The first-order valence-electron chi connectivity index (χ1n) is 10.2. The molecule has 4 N–H and O–H groups in total. The number of aliphatic imine (C=N–C) groups is 1. The van der Waals surface area contributed by atoms with Gasteiger partial charge in [0.05, 0.1) is 19.6 Å². The molecule has 0 atom stereocenters. The van der Waals surface area contributed by atoms with E-state index in [0.717, 1.165) is 16.8 Å². The molecule has 0 spiro atoms. The van der Waals surface area contributed by atoms with Gasteiger partial charge < -0.3 is 20.4 Å². The van der Waals surface area contributed by atoms with E-state index in [9.17, 15) is 14.4 Å². The fourth-order valence-electron chi connectivity index (χ4n) is 3.59. The van der Waals surface area contributed by atoms with Crippen molar-refractivity contribution in [3.8, 4) is 11.3 Å². The molecule has 2 aromatic rings. The van der Waals surface area contributed by atoms with Crippen LogP contribution in [-0.2, 0) is 14.3 Å². The van der Waals surface area contributed by atoms with E-state index in [-0.39, 0.29) is 36.7 Å². The molecule has 2 aliphatic heterocycles. The van der Waals surface area contributed by atoms with Crippen molar-refractivity contribution in [1.82, 2.24) is 20.9 Å². The van der Waals surface area contributed by atoms with Gasteiger partial charge in [0.2, 0.25) is 5.96 Å². The summed E-state index contributed by atoms with van der Waals surface area (Å²) < 4.78 is 4.88. The number of hydrogen-bond acceptors (Lipinski definition) is 5. The fraction of sp³-hybridized carbons (Fsp3) is 0.273. The SMILES string of the molecule is CCOC(=O)CCN=C1NC(=O)/C(=C2\CCNC(=O)c3[nH]c(-c4ccccc4)cc32)N1. The molecule has 160 valence electrons. The Morgan fingerprint density at radius 1 is 1.13 bits per heavy atom. The summed E-state index contributed by atoms with van der Waals surface area (Å²) in [7, 11) is 0. The summed E-state index contributed by atoms with van der Waals surface area (Å²) in [5, 5.41) is 8.55. The van der Waals surface area contributed by atoms with Crippen LogP contribution in [0.3, 0.4) is 0 Å². The maximum atomic E-state index is 12.6. The van der Waals surface area contributed by atoms with E-state index in [2.05, 4.69) is 25.9 Å². The molecule has 2 amide bonds. The highest BCUT2D eigenvalue weighted by Gasteiger charge is 2.30. The van der Waals surface area contributed by atoms with Gasteiger partial charge in [0.15, 0.2) is 0 Å². The first-order valence-corrected chi connectivity index (χ1v) is 10.2. The molecule has 4 rings (SSSR count). The van der Waals surface area contributed by atoms with Gasteiger partial charge in [0.25, 0.3) is 11.8 Å². The van der Waals surface area contributed by atoms with Crippen molar-refractivity contribution in [1.29, 1.82) is 0 Å². The van der Waals surface area contributed by atoms with Gasteiger partial charge in [0.1, 0.15) is 11.4 Å². The monoisotopic (exact) mass is 421 g/mol. The van der Waals surface area contributed by atoms with E-state index in [1.807, 2.05) is 36.4 Å². The highest BCUT2D eigenvalue weighted by Crippen LogP contribution is 2.32. The molecular weight excluding hydrogens is 398 g/mol. The number of carbonyl (C=O) groups excluding carboxylic acids is 3. The van der Waals surface area contributed by atoms with Crippen molar-refractivity contribution in [3.63, 3.8) is 0 Å². The number of rotatable bonds is 5. The van der Waals surface area contributed by atoms with E-state index >= 15 is 0 Å². The lowest BCUT2D eigenvalue weighted by Gasteiger charge is -2.06. The molecule has 0 aliphatic carbocycles. The number of aromatic amines is 1. The summed E-state index contributed by atoms with van der Waals surface area (Å²) in [6, 6.07) is 11.6. The van der Waals surface area contributed by atoms with Gasteiger partial charge in [-0.1, -0.05) is 30.3 Å². The fourth-order valence-corrected chi connectivity index (χ4v) is 3.59. The smallest absolute Gasteiger partial charge is 0.307 e. The average Bonchev–Trinajstić information content (AvgIpc) is 3.32. The molecule has 0 radical (unpaired) electrons. The molecule has 1 aromatic carbocycles. The third kappa shape index (κ3) is 4.35. The highest BCUT2D eigenvalue weighted by molar-refractivity contribution is 6.18. The van der Waals surface area contributed by atoms with Crippen LogP contribution in [0.5, 0.6) is 0 Å². The van der Waals surface area contributed by atoms with Crippen LogP contribution in [0.15, 0.2) is 47.1 Å². The van der Waals surface area contributed by atoms with Crippen molar-refractivity contribution < 1.29 is 19.1 Å². The van der Waals surface area contributed by atoms with Gasteiger partial charge in [-0.15, -0.1) is 0 Å². The zero-order valence-corrected chi connectivity index (χ0v) is 17.1. The minimum atomic E-state index is -0.339. The number of amides is 2. The lowest BCUT2D eigenvalue weighted by molar-refractivity contribution is -0.142. The van der Waals surface area contributed by atoms with Crippen LogP contribution >= 0.6 is 0 Å². The number of hydrogen-bond donors (Lipinski definition) is 4. The molecule has 31 heavy (non-hydrogen) atoms. The van der Waals surface area contributed by atoms with Crippen molar-refractivity contribution in [2.75, 3.05) is 19.7 Å². The topological polar surface area (TPSA) is 125 Å². The summed E-state index contributed by atoms with van der Waals surface area (Å²) >= 11 is 0. The normalized spacial score (nSPS) is 19.3. The first kappa shape index (κ1) is 20.4. The number of fused-ring (bicyclic) bond motifs is 1. The number of aromatic nitrogens is 1. The Morgan fingerprint density at radius 3 is 2.71 bits per heavy atom.